The fourth-order valence-corrected chi connectivity index (χ4v) is 5.03. The summed E-state index contributed by atoms with van der Waals surface area (Å²) in [4.78, 5) is 29.9. The minimum Gasteiger partial charge on any atom is -0.493 e. The zero-order chi connectivity index (χ0) is 28.4. The van der Waals surface area contributed by atoms with Gasteiger partial charge in [-0.1, -0.05) is 78.9 Å². The second-order valence-corrected chi connectivity index (χ2v) is 10.2. The van der Waals surface area contributed by atoms with Crippen molar-refractivity contribution in [3.05, 3.63) is 119 Å². The van der Waals surface area contributed by atoms with E-state index in [1.54, 1.807) is 18.2 Å². The van der Waals surface area contributed by atoms with Crippen molar-refractivity contribution < 1.29 is 19.1 Å². The summed E-state index contributed by atoms with van der Waals surface area (Å²) in [6, 6.07) is 33.3. The van der Waals surface area contributed by atoms with Crippen molar-refractivity contribution in [2.75, 3.05) is 20.3 Å². The number of amides is 2. The molecule has 0 radical (unpaired) electrons. The zero-order valence-electron chi connectivity index (χ0n) is 22.5. The highest BCUT2D eigenvalue weighted by Crippen LogP contribution is 2.32. The van der Waals surface area contributed by atoms with Gasteiger partial charge in [0.1, 0.15) is 0 Å². The molecule has 0 atom stereocenters. The van der Waals surface area contributed by atoms with Crippen LogP contribution in [0.25, 0.3) is 17.2 Å². The van der Waals surface area contributed by atoms with Gasteiger partial charge in [0, 0.05) is 6.54 Å². The number of methoxy groups -OCH3 is 1. The summed E-state index contributed by atoms with van der Waals surface area (Å²) in [6.07, 6.45) is 2.52. The molecule has 1 fully saturated rings. The summed E-state index contributed by atoms with van der Waals surface area (Å²) in [5.74, 6) is 0.473. The molecular formula is C33H29N3O4S. The molecule has 8 heteroatoms. The third kappa shape index (κ3) is 7.64. The topological polar surface area (TPSA) is 89.0 Å². The Kier molecular flexibility index (Phi) is 9.13. The predicted octanol–water partition coefficient (Wildman–Crippen LogP) is 5.99. The fourth-order valence-electron chi connectivity index (χ4n) is 4.19. The maximum Gasteiger partial charge on any atom is 0.264 e. The Morgan fingerprint density at radius 3 is 2.34 bits per heavy atom. The van der Waals surface area contributed by atoms with Crippen LogP contribution in [0.5, 0.6) is 11.5 Å². The Labute approximate surface area is 243 Å². The molecule has 7 nitrogen and oxygen atoms in total. The van der Waals surface area contributed by atoms with Crippen LogP contribution in [0.2, 0.25) is 0 Å². The Hall–Kier alpha value is -4.82. The Morgan fingerprint density at radius 2 is 1.61 bits per heavy atom. The second kappa shape index (κ2) is 13.5. The number of benzene rings is 4. The predicted molar refractivity (Wildman–Crippen MR) is 164 cm³/mol. The molecule has 0 saturated carbocycles. The maximum absolute atomic E-state index is 12.6. The molecule has 0 aromatic heterocycles. The molecular weight excluding hydrogens is 534 g/mol. The van der Waals surface area contributed by atoms with Gasteiger partial charge in [0.2, 0.25) is 0 Å². The Balaban J connectivity index is 1.17. The smallest absolute Gasteiger partial charge is 0.264 e. The number of hydrogen-bond acceptors (Lipinski definition) is 6. The van der Waals surface area contributed by atoms with Gasteiger partial charge in [0.05, 0.1) is 17.7 Å². The van der Waals surface area contributed by atoms with Crippen LogP contribution in [0.4, 0.5) is 5.69 Å². The number of nitrogens with zero attached hydrogens (tertiary/aromatic N) is 1. The maximum atomic E-state index is 12.6. The van der Waals surface area contributed by atoms with Crippen LogP contribution in [0, 0.1) is 0 Å². The largest absolute Gasteiger partial charge is 0.493 e. The van der Waals surface area contributed by atoms with E-state index in [-0.39, 0.29) is 18.4 Å². The first kappa shape index (κ1) is 27.7. The zero-order valence-corrected chi connectivity index (χ0v) is 23.3. The van der Waals surface area contributed by atoms with Crippen molar-refractivity contribution >= 4 is 40.5 Å². The molecule has 206 valence electrons. The molecule has 4 aromatic rings. The van der Waals surface area contributed by atoms with Crippen LogP contribution in [-0.2, 0) is 16.0 Å². The van der Waals surface area contributed by atoms with E-state index in [1.165, 1.54) is 18.9 Å². The van der Waals surface area contributed by atoms with E-state index in [4.69, 9.17) is 9.47 Å². The monoisotopic (exact) mass is 563 g/mol. The summed E-state index contributed by atoms with van der Waals surface area (Å²) >= 11 is 1.27. The number of aliphatic imine (C=N–C) groups is 1. The minimum absolute atomic E-state index is 0.129. The van der Waals surface area contributed by atoms with E-state index in [1.807, 2.05) is 78.9 Å². The molecule has 4 aromatic carbocycles. The van der Waals surface area contributed by atoms with Gasteiger partial charge >= 0.3 is 0 Å². The first-order chi connectivity index (χ1) is 20.1. The van der Waals surface area contributed by atoms with Gasteiger partial charge in [-0.15, -0.1) is 0 Å². The van der Waals surface area contributed by atoms with E-state index < -0.39 is 0 Å². The molecule has 0 spiro atoms. The highest BCUT2D eigenvalue weighted by Gasteiger charge is 2.24. The molecule has 2 N–H and O–H groups in total. The number of thioether (sulfide) groups is 1. The lowest BCUT2D eigenvalue weighted by Crippen LogP contribution is -2.30. The van der Waals surface area contributed by atoms with Crippen LogP contribution in [0.3, 0.4) is 0 Å². The van der Waals surface area contributed by atoms with E-state index in [2.05, 4.69) is 27.8 Å². The number of carbonyl (C=O) groups excluding carboxylic acids is 2. The average molecular weight is 564 g/mol. The normalized spacial score (nSPS) is 14.6. The third-order valence-corrected chi connectivity index (χ3v) is 7.19. The molecule has 41 heavy (non-hydrogen) atoms. The van der Waals surface area contributed by atoms with Gasteiger partial charge in [-0.3, -0.25) is 9.59 Å². The fraction of sp³-hybridized carbons (Fsp3) is 0.121. The summed E-state index contributed by atoms with van der Waals surface area (Å²) in [6.45, 7) is 0.399. The molecule has 1 saturated heterocycles. The number of nitrogens with one attached hydrogen (secondary N) is 2. The molecule has 1 aliphatic heterocycles. The van der Waals surface area contributed by atoms with E-state index in [9.17, 15) is 9.59 Å². The van der Waals surface area contributed by atoms with Gasteiger partial charge in [-0.05, 0) is 70.8 Å². The van der Waals surface area contributed by atoms with Crippen molar-refractivity contribution in [3.8, 4) is 22.6 Å². The first-order valence-corrected chi connectivity index (χ1v) is 14.0. The van der Waals surface area contributed by atoms with Crippen molar-refractivity contribution in [1.82, 2.24) is 10.6 Å². The van der Waals surface area contributed by atoms with Crippen LogP contribution >= 0.6 is 11.8 Å². The van der Waals surface area contributed by atoms with Crippen molar-refractivity contribution in [3.63, 3.8) is 0 Å². The number of carbonyl (C=O) groups is 2. The second-order valence-electron chi connectivity index (χ2n) is 9.18. The summed E-state index contributed by atoms with van der Waals surface area (Å²) in [7, 11) is 1.53. The molecule has 2 amide bonds. The lowest BCUT2D eigenvalue weighted by molar-refractivity contribution is -0.123. The summed E-state index contributed by atoms with van der Waals surface area (Å²) < 4.78 is 11.2. The molecule has 0 unspecified atom stereocenters. The van der Waals surface area contributed by atoms with Crippen molar-refractivity contribution in [2.24, 2.45) is 4.99 Å². The van der Waals surface area contributed by atoms with Gasteiger partial charge in [-0.25, -0.2) is 4.99 Å². The third-order valence-electron chi connectivity index (χ3n) is 6.28. The number of ether oxygens (including phenoxy) is 2. The van der Waals surface area contributed by atoms with Gasteiger partial charge < -0.3 is 20.1 Å². The number of hydrogen-bond donors (Lipinski definition) is 2. The summed E-state index contributed by atoms with van der Waals surface area (Å²) in [5, 5.41) is 6.20. The molecule has 0 bridgehead atoms. The lowest BCUT2D eigenvalue weighted by Gasteiger charge is -2.11. The highest BCUT2D eigenvalue weighted by atomic mass is 32.2. The van der Waals surface area contributed by atoms with E-state index in [0.29, 0.717) is 28.1 Å². The molecule has 1 heterocycles. The van der Waals surface area contributed by atoms with Crippen LogP contribution in [0.1, 0.15) is 11.1 Å². The van der Waals surface area contributed by atoms with Gasteiger partial charge in [0.25, 0.3) is 11.8 Å². The molecule has 5 rings (SSSR count). The van der Waals surface area contributed by atoms with E-state index >= 15 is 0 Å². The standard InChI is InChI=1S/C33H29N3O4S/c1-39-29-20-24(12-17-28(29)40-22-31(37)34-19-18-23-8-4-2-5-9-23)21-30-32(38)36-33(41-30)35-27-15-13-26(14-16-27)25-10-6-3-7-11-25/h2-17,20-21H,18-19,22H2,1H3,(H,34,37)(H,35,36,38)/b30-21-. The summed E-state index contributed by atoms with van der Waals surface area (Å²) in [5.41, 5.74) is 4.90. The Bertz CT molecular complexity index is 1570. The number of rotatable bonds is 10. The van der Waals surface area contributed by atoms with E-state index in [0.717, 1.165) is 34.4 Å². The minimum atomic E-state index is -0.221. The van der Waals surface area contributed by atoms with Crippen LogP contribution in [-0.4, -0.2) is 37.2 Å². The van der Waals surface area contributed by atoms with Crippen molar-refractivity contribution in [1.29, 1.82) is 0 Å². The number of amidine groups is 1. The van der Waals surface area contributed by atoms with Crippen LogP contribution in [0.15, 0.2) is 113 Å². The molecule has 0 aliphatic carbocycles. The van der Waals surface area contributed by atoms with Gasteiger partial charge in [0.15, 0.2) is 23.3 Å². The van der Waals surface area contributed by atoms with Gasteiger partial charge in [-0.2, -0.15) is 0 Å². The Morgan fingerprint density at radius 1 is 0.902 bits per heavy atom. The highest BCUT2D eigenvalue weighted by molar-refractivity contribution is 8.18. The van der Waals surface area contributed by atoms with Crippen LogP contribution < -0.4 is 20.1 Å². The first-order valence-electron chi connectivity index (χ1n) is 13.1. The SMILES string of the molecule is COc1cc(/C=C2\SC(=Nc3ccc(-c4ccccc4)cc3)NC2=O)ccc1OCC(=O)NCCc1ccccc1. The average Bonchev–Trinajstić information content (AvgIpc) is 3.35. The molecule has 1 aliphatic rings. The van der Waals surface area contributed by atoms with Crippen molar-refractivity contribution in [2.45, 2.75) is 6.42 Å². The lowest BCUT2D eigenvalue weighted by atomic mass is 10.1. The quantitative estimate of drug-likeness (QED) is 0.231.